The topological polar surface area (TPSA) is 75.6 Å². The summed E-state index contributed by atoms with van der Waals surface area (Å²) in [5, 5.41) is 11.7. The molecule has 0 aliphatic heterocycles. The number of para-hydroxylation sites is 1. The van der Waals surface area contributed by atoms with E-state index in [-0.39, 0.29) is 11.3 Å². The predicted octanol–water partition coefficient (Wildman–Crippen LogP) is 3.31. The summed E-state index contributed by atoms with van der Waals surface area (Å²) in [6, 6.07) is 13.6. The van der Waals surface area contributed by atoms with Crippen LogP contribution in [-0.2, 0) is 4.79 Å². The second kappa shape index (κ2) is 7.60. The van der Waals surface area contributed by atoms with Gasteiger partial charge in [0.1, 0.15) is 11.4 Å². The Labute approximate surface area is 141 Å². The summed E-state index contributed by atoms with van der Waals surface area (Å²) in [4.78, 5) is 23.6. The number of carbonyl (C=O) groups is 2. The highest BCUT2D eigenvalue weighted by Crippen LogP contribution is 2.18. The van der Waals surface area contributed by atoms with Crippen molar-refractivity contribution in [3.8, 4) is 5.75 Å². The Morgan fingerprint density at radius 2 is 1.78 bits per heavy atom. The molecule has 2 aromatic rings. The van der Waals surface area contributed by atoms with Crippen LogP contribution < -0.4 is 10.1 Å². The van der Waals surface area contributed by atoms with Gasteiger partial charge in [-0.3, -0.25) is 4.79 Å². The molecular weight excluding hydrogens is 362 g/mol. The molecule has 2 N–H and O–H groups in total. The molecule has 0 saturated heterocycles. The van der Waals surface area contributed by atoms with E-state index in [0.29, 0.717) is 11.3 Å². The summed E-state index contributed by atoms with van der Waals surface area (Å²) in [6.07, 6.45) is 1.39. The number of hydrogen-bond donors (Lipinski definition) is 2. The van der Waals surface area contributed by atoms with Crippen LogP contribution in [-0.4, -0.2) is 24.1 Å². The molecular formula is C17H14BrNO4. The molecule has 0 bridgehead atoms. The van der Waals surface area contributed by atoms with Crippen molar-refractivity contribution in [3.63, 3.8) is 0 Å². The van der Waals surface area contributed by atoms with Crippen LogP contribution in [0.15, 0.2) is 58.7 Å². The van der Waals surface area contributed by atoms with Crippen molar-refractivity contribution in [3.05, 3.63) is 69.8 Å². The van der Waals surface area contributed by atoms with Crippen LogP contribution in [0, 0.1) is 0 Å². The average Bonchev–Trinajstić information content (AvgIpc) is 2.55. The number of benzene rings is 2. The Bertz CT molecular complexity index is 753. The first kappa shape index (κ1) is 16.8. The quantitative estimate of drug-likeness (QED) is 0.786. The highest BCUT2D eigenvalue weighted by molar-refractivity contribution is 9.10. The third kappa shape index (κ3) is 4.43. The zero-order valence-corrected chi connectivity index (χ0v) is 13.8. The van der Waals surface area contributed by atoms with Gasteiger partial charge >= 0.3 is 5.97 Å². The number of halogens is 1. The third-order valence-electron chi connectivity index (χ3n) is 3.01. The molecule has 0 unspecified atom stereocenters. The van der Waals surface area contributed by atoms with Gasteiger partial charge in [-0.1, -0.05) is 40.2 Å². The lowest BCUT2D eigenvalue weighted by Crippen LogP contribution is -2.27. The molecule has 118 valence electrons. The molecule has 0 aliphatic carbocycles. The molecule has 0 spiro atoms. The number of ether oxygens (including phenoxy) is 1. The molecule has 2 rings (SSSR count). The van der Waals surface area contributed by atoms with E-state index in [2.05, 4.69) is 21.2 Å². The Morgan fingerprint density at radius 1 is 1.13 bits per heavy atom. The van der Waals surface area contributed by atoms with Gasteiger partial charge in [-0.05, 0) is 35.9 Å². The largest absolute Gasteiger partial charge is 0.496 e. The van der Waals surface area contributed by atoms with Gasteiger partial charge < -0.3 is 15.2 Å². The van der Waals surface area contributed by atoms with E-state index >= 15 is 0 Å². The smallest absolute Gasteiger partial charge is 0.352 e. The number of hydrogen-bond acceptors (Lipinski definition) is 3. The Kier molecular flexibility index (Phi) is 5.54. The Morgan fingerprint density at radius 3 is 2.39 bits per heavy atom. The average molecular weight is 376 g/mol. The van der Waals surface area contributed by atoms with Crippen molar-refractivity contribution in [2.24, 2.45) is 0 Å². The molecule has 6 heteroatoms. The zero-order chi connectivity index (χ0) is 16.8. The van der Waals surface area contributed by atoms with Gasteiger partial charge in [-0.25, -0.2) is 4.79 Å². The third-order valence-corrected chi connectivity index (χ3v) is 3.54. The number of carboxylic acid groups (broad SMARTS) is 1. The minimum absolute atomic E-state index is 0.219. The predicted molar refractivity (Wildman–Crippen MR) is 90.2 cm³/mol. The number of methoxy groups -OCH3 is 1. The molecule has 1 amide bonds. The fourth-order valence-electron chi connectivity index (χ4n) is 1.90. The minimum Gasteiger partial charge on any atom is -0.496 e. The maximum Gasteiger partial charge on any atom is 0.352 e. The van der Waals surface area contributed by atoms with Crippen LogP contribution in [0.5, 0.6) is 5.75 Å². The van der Waals surface area contributed by atoms with Crippen molar-refractivity contribution in [1.29, 1.82) is 0 Å². The Balaban J connectivity index is 2.27. The molecule has 0 fully saturated rings. The second-order valence-electron chi connectivity index (χ2n) is 4.57. The molecule has 0 radical (unpaired) electrons. The fourth-order valence-corrected chi connectivity index (χ4v) is 2.16. The highest BCUT2D eigenvalue weighted by atomic mass is 79.9. The molecule has 2 aromatic carbocycles. The lowest BCUT2D eigenvalue weighted by Gasteiger charge is -2.09. The standard InChI is InChI=1S/C17H14BrNO4/c1-23-15-5-3-2-4-13(15)16(20)19-14(17(21)22)10-11-6-8-12(18)9-7-11/h2-10H,1H3,(H,19,20)(H,21,22)/b14-10-. The lowest BCUT2D eigenvalue weighted by atomic mass is 10.1. The SMILES string of the molecule is COc1ccccc1C(=O)N/C(=C\c1ccc(Br)cc1)C(=O)O. The zero-order valence-electron chi connectivity index (χ0n) is 12.2. The summed E-state index contributed by atoms with van der Waals surface area (Å²) >= 11 is 3.31. The monoisotopic (exact) mass is 375 g/mol. The number of aliphatic carboxylic acids is 1. The van der Waals surface area contributed by atoms with E-state index in [1.54, 1.807) is 48.5 Å². The van der Waals surface area contributed by atoms with E-state index in [1.165, 1.54) is 13.2 Å². The summed E-state index contributed by atoms with van der Waals surface area (Å²) in [5.41, 5.74) is 0.701. The normalized spacial score (nSPS) is 11.0. The molecule has 0 aromatic heterocycles. The minimum atomic E-state index is -1.23. The van der Waals surface area contributed by atoms with Gasteiger partial charge in [-0.15, -0.1) is 0 Å². The van der Waals surface area contributed by atoms with E-state index in [9.17, 15) is 14.7 Å². The van der Waals surface area contributed by atoms with Crippen molar-refractivity contribution in [2.45, 2.75) is 0 Å². The summed E-state index contributed by atoms with van der Waals surface area (Å²) < 4.78 is 5.99. The Hall–Kier alpha value is -2.60. The van der Waals surface area contributed by atoms with Gasteiger partial charge in [0.15, 0.2) is 0 Å². The molecule has 0 heterocycles. The van der Waals surface area contributed by atoms with Gasteiger partial charge in [0.05, 0.1) is 12.7 Å². The molecule has 0 aliphatic rings. The van der Waals surface area contributed by atoms with Crippen molar-refractivity contribution in [2.75, 3.05) is 7.11 Å². The van der Waals surface area contributed by atoms with E-state index in [4.69, 9.17) is 4.74 Å². The fraction of sp³-hybridized carbons (Fsp3) is 0.0588. The molecule has 23 heavy (non-hydrogen) atoms. The summed E-state index contributed by atoms with van der Waals surface area (Å²) in [5.74, 6) is -1.40. The van der Waals surface area contributed by atoms with E-state index < -0.39 is 11.9 Å². The number of amides is 1. The second-order valence-corrected chi connectivity index (χ2v) is 5.48. The van der Waals surface area contributed by atoms with Crippen LogP contribution in [0.25, 0.3) is 6.08 Å². The van der Waals surface area contributed by atoms with Crippen LogP contribution >= 0.6 is 15.9 Å². The van der Waals surface area contributed by atoms with Crippen LogP contribution in [0.4, 0.5) is 0 Å². The first-order valence-corrected chi connectivity index (χ1v) is 7.45. The lowest BCUT2D eigenvalue weighted by molar-refractivity contribution is -0.132. The van der Waals surface area contributed by atoms with Crippen LogP contribution in [0.3, 0.4) is 0 Å². The number of carbonyl (C=O) groups excluding carboxylic acids is 1. The summed E-state index contributed by atoms with van der Waals surface area (Å²) in [6.45, 7) is 0. The number of carboxylic acids is 1. The maximum absolute atomic E-state index is 12.3. The van der Waals surface area contributed by atoms with Crippen molar-refractivity contribution >= 4 is 33.9 Å². The number of nitrogens with one attached hydrogen (secondary N) is 1. The van der Waals surface area contributed by atoms with Gasteiger partial charge in [0, 0.05) is 4.47 Å². The van der Waals surface area contributed by atoms with Gasteiger partial charge in [0.25, 0.3) is 5.91 Å². The van der Waals surface area contributed by atoms with Crippen LogP contribution in [0.2, 0.25) is 0 Å². The number of rotatable bonds is 5. The summed E-state index contributed by atoms with van der Waals surface area (Å²) in [7, 11) is 1.45. The maximum atomic E-state index is 12.3. The highest BCUT2D eigenvalue weighted by Gasteiger charge is 2.16. The van der Waals surface area contributed by atoms with E-state index in [1.807, 2.05) is 0 Å². The van der Waals surface area contributed by atoms with Crippen LogP contribution in [0.1, 0.15) is 15.9 Å². The van der Waals surface area contributed by atoms with Gasteiger partial charge in [0.2, 0.25) is 0 Å². The van der Waals surface area contributed by atoms with Crippen molar-refractivity contribution < 1.29 is 19.4 Å². The van der Waals surface area contributed by atoms with Gasteiger partial charge in [-0.2, -0.15) is 0 Å². The molecule has 0 saturated carbocycles. The first-order chi connectivity index (χ1) is 11.0. The van der Waals surface area contributed by atoms with E-state index in [0.717, 1.165) is 4.47 Å². The first-order valence-electron chi connectivity index (χ1n) is 6.66. The molecule has 5 nitrogen and oxygen atoms in total. The van der Waals surface area contributed by atoms with Crippen molar-refractivity contribution in [1.82, 2.24) is 5.32 Å². The molecule has 0 atom stereocenters.